The van der Waals surface area contributed by atoms with E-state index >= 15 is 0 Å². The second kappa shape index (κ2) is 27.3. The van der Waals surface area contributed by atoms with Crippen molar-refractivity contribution < 1.29 is 73.2 Å². The fourth-order valence-electron chi connectivity index (χ4n) is 10.3. The first-order valence-corrected chi connectivity index (χ1v) is 24.6. The van der Waals surface area contributed by atoms with Crippen molar-refractivity contribution in [3.05, 3.63) is 47.6 Å². The number of hydrogen-bond donors (Lipinski definition) is 3. The van der Waals surface area contributed by atoms with Crippen LogP contribution < -0.4 is 0 Å². The number of Topliss-reactive ketones (excluding diaryl/α,β-unsaturated/α-hetero) is 3. The predicted octanol–water partition coefficient (Wildman–Crippen LogP) is 6.20. The summed E-state index contributed by atoms with van der Waals surface area (Å²) in [6.07, 6.45) is 8.68. The van der Waals surface area contributed by atoms with E-state index in [0.717, 1.165) is 10.5 Å². The van der Waals surface area contributed by atoms with E-state index < -0.39 is 109 Å². The number of rotatable bonds is 9. The number of hydrogen-bond acceptors (Lipinski definition) is 14. The summed E-state index contributed by atoms with van der Waals surface area (Å²) in [6, 6.07) is -1.22. The molecule has 0 radical (unpaired) electrons. The van der Waals surface area contributed by atoms with E-state index in [-0.39, 0.29) is 55.6 Å². The molecule has 3 N–H and O–H groups in total. The third-order valence-electron chi connectivity index (χ3n) is 14.7. The van der Waals surface area contributed by atoms with E-state index in [1.807, 2.05) is 51.2 Å². The Balaban J connectivity index is 1.70. The molecule has 2 bridgehead atoms. The number of ketones is 3. The average molecular weight is 962 g/mol. The van der Waals surface area contributed by atoms with Crippen LogP contribution in [-0.2, 0) is 52.4 Å². The number of methoxy groups -OCH3 is 3. The summed E-state index contributed by atoms with van der Waals surface area (Å²) in [5.74, 6) is -8.91. The highest BCUT2D eigenvalue weighted by molar-refractivity contribution is 6.39. The molecule has 0 aromatic rings. The molecule has 15 heteroatoms. The molecule has 0 spiro atoms. The van der Waals surface area contributed by atoms with Gasteiger partial charge in [-0.05, 0) is 107 Å². The Bertz CT molecular complexity index is 1990. The normalized spacial score (nSPS) is 40.5. The number of nitrogens with zero attached hydrogens (tertiary/aromatic N) is 1. The molecule has 4 rings (SSSR count). The first kappa shape index (κ1) is 51.0. The highest BCUT2D eigenvalue weighted by Gasteiger charge is 2.53. The van der Waals surface area contributed by atoms with E-state index in [0.29, 0.717) is 56.9 Å². The lowest BCUT2D eigenvalue weighted by Crippen LogP contribution is -2.61. The van der Waals surface area contributed by atoms with Gasteiger partial charge in [-0.2, -0.15) is 0 Å². The van der Waals surface area contributed by atoms with E-state index in [2.05, 4.69) is 0 Å². The summed E-state index contributed by atoms with van der Waals surface area (Å²) in [6.45, 7) is 6.12. The number of fused-ring (bicyclic) bond motifs is 3. The molecule has 0 aromatic heterocycles. The van der Waals surface area contributed by atoms with Gasteiger partial charge in [0, 0.05) is 58.5 Å². The smallest absolute Gasteiger partial charge is 0.329 e. The molecule has 384 valence electrons. The maximum Gasteiger partial charge on any atom is 0.329 e. The standard InChI is InChI=1S/C53H83NO14/c1-32-16-12-11-13-17-33(2)44(63-8)30-40-21-19-38(7)53(62,68-40)50(59)51(60)54-23-15-14-18-41(54)52(61)67-45(35(4)28-39-20-22-43(66-25-24-55)46(29-39)64-9)31-42(56)34(3)27-37(6)48(58)49(65-10)47(57)36(5)26-32/h11-13,16-17,27,32,34-36,38-41,43-46,48-49,55,58,62H,14-15,18-26,28-31H2,1-10H3/b13-11-,16-12-,33-17-,37-27+/t32-,34-,35-,36-,38-,39+,40+,41+,43-,44+,45+,46-,48-,49+,53-/m1/s1/i24D2,25D2. The van der Waals surface area contributed by atoms with Gasteiger partial charge < -0.3 is 48.6 Å². The number of carbonyl (C=O) groups is 5. The molecule has 4 aliphatic rings. The van der Waals surface area contributed by atoms with Crippen LogP contribution in [0, 0.1) is 35.5 Å². The van der Waals surface area contributed by atoms with Gasteiger partial charge in [-0.25, -0.2) is 4.79 Å². The van der Waals surface area contributed by atoms with Gasteiger partial charge in [-0.15, -0.1) is 0 Å². The van der Waals surface area contributed by atoms with Gasteiger partial charge in [0.1, 0.15) is 30.1 Å². The summed E-state index contributed by atoms with van der Waals surface area (Å²) < 4.78 is 65.9. The lowest BCUT2D eigenvalue weighted by Gasteiger charge is -2.42. The molecule has 0 aromatic carbocycles. The number of esters is 1. The molecular formula is C53H83NO14. The maximum absolute atomic E-state index is 14.5. The average Bonchev–Trinajstić information content (AvgIpc) is 3.32. The van der Waals surface area contributed by atoms with Gasteiger partial charge in [-0.1, -0.05) is 71.1 Å². The summed E-state index contributed by atoms with van der Waals surface area (Å²) in [7, 11) is 4.33. The van der Waals surface area contributed by atoms with Crippen LogP contribution in [0.5, 0.6) is 0 Å². The number of carbonyl (C=O) groups excluding carboxylic acids is 5. The van der Waals surface area contributed by atoms with Crippen LogP contribution >= 0.6 is 0 Å². The summed E-state index contributed by atoms with van der Waals surface area (Å²) in [4.78, 5) is 72.3. The first-order chi connectivity index (χ1) is 33.7. The second-order valence-electron chi connectivity index (χ2n) is 19.9. The lowest BCUT2D eigenvalue weighted by molar-refractivity contribution is -0.265. The summed E-state index contributed by atoms with van der Waals surface area (Å²) >= 11 is 0. The second-order valence-corrected chi connectivity index (χ2v) is 19.9. The fourth-order valence-corrected chi connectivity index (χ4v) is 10.3. The Morgan fingerprint density at radius 2 is 1.62 bits per heavy atom. The van der Waals surface area contributed by atoms with Crippen LogP contribution in [0.1, 0.15) is 131 Å². The van der Waals surface area contributed by atoms with Crippen LogP contribution in [0.4, 0.5) is 0 Å². The van der Waals surface area contributed by atoms with E-state index in [4.69, 9.17) is 33.9 Å². The lowest BCUT2D eigenvalue weighted by atomic mass is 9.78. The zero-order chi connectivity index (χ0) is 53.9. The van der Waals surface area contributed by atoms with Crippen LogP contribution in [0.15, 0.2) is 47.6 Å². The van der Waals surface area contributed by atoms with Crippen molar-refractivity contribution in [2.75, 3.05) is 41.0 Å². The number of aliphatic hydroxyl groups excluding tert-OH is 1. The maximum atomic E-state index is 14.5. The third-order valence-corrected chi connectivity index (χ3v) is 14.7. The van der Waals surface area contributed by atoms with Gasteiger partial charge in [0.25, 0.3) is 11.7 Å². The molecule has 15 nitrogen and oxygen atoms in total. The molecule has 2 saturated heterocycles. The minimum Gasteiger partial charge on any atom is -0.460 e. The van der Waals surface area contributed by atoms with Crippen molar-refractivity contribution in [1.82, 2.24) is 4.90 Å². The van der Waals surface area contributed by atoms with Gasteiger partial charge >= 0.3 is 5.97 Å². The molecule has 3 aliphatic heterocycles. The quantitative estimate of drug-likeness (QED) is 0.134. The molecule has 1 amide bonds. The SMILES string of the molecule is [2H]C([2H])(O)C([2H])([2H])O[C@@H]1CC[C@@H](C[C@@H](C)[C@@H]2CC(=O)[C@H](C)/C=C(\C)[C@@H](O)[C@@H](OC)C(=O)[C@H](C)C[C@H](C)\C=C/C=C\C=C(\C)[C@@H](OC)C[C@@H]3CC[C@@H](C)[C@@](O)(O3)C(=O)C(=O)N3CCCC[C@H]3C(=O)O2)C[C@H]1OC. The molecule has 0 unspecified atom stereocenters. The molecular weight excluding hydrogens is 875 g/mol. The molecule has 1 saturated carbocycles. The summed E-state index contributed by atoms with van der Waals surface area (Å²) in [5.41, 5.74) is 1.19. The van der Waals surface area contributed by atoms with Gasteiger partial charge in [0.2, 0.25) is 5.79 Å². The Morgan fingerprint density at radius 3 is 2.29 bits per heavy atom. The number of cyclic esters (lactones) is 1. The van der Waals surface area contributed by atoms with E-state index in [1.54, 1.807) is 40.9 Å². The van der Waals surface area contributed by atoms with E-state index in [9.17, 15) is 39.3 Å². The monoisotopic (exact) mass is 962 g/mol. The van der Waals surface area contributed by atoms with Gasteiger partial charge in [-0.3, -0.25) is 19.2 Å². The minimum atomic E-state index is -3.27. The highest BCUT2D eigenvalue weighted by atomic mass is 16.6. The number of ether oxygens (including phenoxy) is 6. The van der Waals surface area contributed by atoms with Crippen LogP contribution in [0.25, 0.3) is 0 Å². The van der Waals surface area contributed by atoms with Crippen molar-refractivity contribution >= 4 is 29.2 Å². The predicted molar refractivity (Wildman–Crippen MR) is 256 cm³/mol. The number of amides is 1. The van der Waals surface area contributed by atoms with Crippen molar-refractivity contribution in [1.29, 1.82) is 0 Å². The Kier molecular flexibility index (Phi) is 20.4. The molecule has 68 heavy (non-hydrogen) atoms. The van der Waals surface area contributed by atoms with Crippen molar-refractivity contribution in [2.24, 2.45) is 35.5 Å². The topological polar surface area (TPSA) is 205 Å². The molecule has 3 fully saturated rings. The first-order valence-electron chi connectivity index (χ1n) is 26.6. The van der Waals surface area contributed by atoms with Crippen LogP contribution in [-0.4, -0.2) is 145 Å². The zero-order valence-electron chi connectivity index (χ0n) is 46.0. The molecule has 1 aliphatic carbocycles. The molecule has 15 atom stereocenters. The zero-order valence-corrected chi connectivity index (χ0v) is 42.0. The minimum absolute atomic E-state index is 0.0148. The largest absolute Gasteiger partial charge is 0.460 e. The van der Waals surface area contributed by atoms with Crippen molar-refractivity contribution in [3.63, 3.8) is 0 Å². The third kappa shape index (κ3) is 15.3. The van der Waals surface area contributed by atoms with Crippen LogP contribution in [0.3, 0.4) is 0 Å². The Labute approximate surface area is 410 Å². The van der Waals surface area contributed by atoms with Gasteiger partial charge in [0.15, 0.2) is 5.78 Å². The fraction of sp³-hybridized carbons (Fsp3) is 0.755. The summed E-state index contributed by atoms with van der Waals surface area (Å²) in [5, 5.41) is 33.3. The molecule has 3 heterocycles. The Morgan fingerprint density at radius 1 is 0.882 bits per heavy atom. The highest BCUT2D eigenvalue weighted by Crippen LogP contribution is 2.38. The van der Waals surface area contributed by atoms with Crippen molar-refractivity contribution in [2.45, 2.75) is 180 Å². The number of allylic oxidation sites excluding steroid dienone is 6. The number of piperidine rings is 1. The van der Waals surface area contributed by atoms with Crippen LogP contribution in [0.2, 0.25) is 0 Å². The van der Waals surface area contributed by atoms with Gasteiger partial charge in [0.05, 0.1) is 43.0 Å². The van der Waals surface area contributed by atoms with E-state index in [1.165, 1.54) is 14.2 Å². The van der Waals surface area contributed by atoms with Crippen molar-refractivity contribution in [3.8, 4) is 0 Å². The Hall–Kier alpha value is -3.41. The number of aliphatic hydroxyl groups is 3.